The van der Waals surface area contributed by atoms with Crippen molar-refractivity contribution in [3.05, 3.63) is 60.8 Å². The number of esters is 3. The van der Waals surface area contributed by atoms with Crippen LogP contribution in [0.15, 0.2) is 60.8 Å². The van der Waals surface area contributed by atoms with E-state index in [0.717, 1.165) is 96.3 Å². The first-order valence-corrected chi connectivity index (χ1v) is 30.3. The minimum absolute atomic E-state index is 0.0849. The van der Waals surface area contributed by atoms with Gasteiger partial charge in [0.25, 0.3) is 0 Å². The molecule has 6 nitrogen and oxygen atoms in total. The summed E-state index contributed by atoms with van der Waals surface area (Å²) in [5.41, 5.74) is 0. The van der Waals surface area contributed by atoms with Gasteiger partial charge in [0, 0.05) is 19.3 Å². The molecule has 0 saturated heterocycles. The summed E-state index contributed by atoms with van der Waals surface area (Å²) >= 11 is 0. The van der Waals surface area contributed by atoms with E-state index in [2.05, 4.69) is 81.5 Å². The summed E-state index contributed by atoms with van der Waals surface area (Å²) in [4.78, 5) is 37.9. The van der Waals surface area contributed by atoms with Gasteiger partial charge in [0.15, 0.2) is 6.10 Å². The van der Waals surface area contributed by atoms with Crippen molar-refractivity contribution < 1.29 is 28.6 Å². The molecule has 406 valence electrons. The number of carbonyl (C=O) groups is 3. The van der Waals surface area contributed by atoms with E-state index in [1.807, 2.05) is 0 Å². The van der Waals surface area contributed by atoms with Crippen molar-refractivity contribution in [2.45, 2.75) is 316 Å². The fourth-order valence-corrected chi connectivity index (χ4v) is 8.77. The number of rotatable bonds is 55. The van der Waals surface area contributed by atoms with E-state index in [1.54, 1.807) is 0 Å². The Morgan fingerprint density at radius 1 is 0.300 bits per heavy atom. The maximum atomic E-state index is 12.8. The van der Waals surface area contributed by atoms with Gasteiger partial charge in [-0.1, -0.05) is 287 Å². The van der Waals surface area contributed by atoms with Crippen LogP contribution in [0.1, 0.15) is 310 Å². The standard InChI is InChI=1S/C64H114O6/c1-4-7-10-13-16-18-20-22-24-26-28-29-30-31-32-33-34-35-37-38-40-42-44-46-48-51-54-57-63(66)69-60-61(59-68-62(65)56-53-50-15-12-9-6-3)70-64(67)58-55-52-49-47-45-43-41-39-36-27-25-23-21-19-17-14-11-8-5-2/h8,11,17,19,23,25,36,39,43,45,61H,4-7,9-10,12-16,18,20-22,24,26-35,37-38,40-42,44,46-60H2,1-3H3/b11-8-,19-17-,25-23-,39-36-,45-43-. The van der Waals surface area contributed by atoms with Crippen LogP contribution in [-0.4, -0.2) is 37.2 Å². The Balaban J connectivity index is 4.09. The Bertz CT molecular complexity index is 1260. The van der Waals surface area contributed by atoms with Gasteiger partial charge in [-0.3, -0.25) is 14.4 Å². The molecule has 0 rings (SSSR count). The van der Waals surface area contributed by atoms with Gasteiger partial charge in [0.1, 0.15) is 13.2 Å². The van der Waals surface area contributed by atoms with E-state index in [-0.39, 0.29) is 31.1 Å². The van der Waals surface area contributed by atoms with Gasteiger partial charge in [-0.2, -0.15) is 0 Å². The van der Waals surface area contributed by atoms with Crippen molar-refractivity contribution in [1.82, 2.24) is 0 Å². The predicted molar refractivity (Wildman–Crippen MR) is 302 cm³/mol. The van der Waals surface area contributed by atoms with E-state index >= 15 is 0 Å². The van der Waals surface area contributed by atoms with Crippen molar-refractivity contribution in [3.8, 4) is 0 Å². The molecule has 0 N–H and O–H groups in total. The highest BCUT2D eigenvalue weighted by molar-refractivity contribution is 5.71. The number of ether oxygens (including phenoxy) is 3. The molecular formula is C64H114O6. The molecule has 0 saturated carbocycles. The Hall–Kier alpha value is -2.89. The molecule has 0 aromatic rings. The smallest absolute Gasteiger partial charge is 0.306 e. The quantitative estimate of drug-likeness (QED) is 0.0261. The van der Waals surface area contributed by atoms with E-state index in [9.17, 15) is 14.4 Å². The number of allylic oxidation sites excluding steroid dienone is 10. The molecule has 70 heavy (non-hydrogen) atoms. The summed E-state index contributed by atoms with van der Waals surface area (Å²) in [5, 5.41) is 0. The average Bonchev–Trinajstić information content (AvgIpc) is 3.36. The first-order chi connectivity index (χ1) is 34.5. The highest BCUT2D eigenvalue weighted by atomic mass is 16.6. The number of hydrogen-bond acceptors (Lipinski definition) is 6. The van der Waals surface area contributed by atoms with Crippen LogP contribution in [0.2, 0.25) is 0 Å². The summed E-state index contributed by atoms with van der Waals surface area (Å²) in [6, 6.07) is 0. The van der Waals surface area contributed by atoms with Crippen LogP contribution in [0, 0.1) is 0 Å². The third-order valence-corrected chi connectivity index (χ3v) is 13.3. The molecule has 0 radical (unpaired) electrons. The molecule has 1 atom stereocenters. The minimum atomic E-state index is -0.787. The first kappa shape index (κ1) is 67.1. The summed E-state index contributed by atoms with van der Waals surface area (Å²) in [6.45, 7) is 6.47. The average molecular weight is 980 g/mol. The molecule has 0 fully saturated rings. The van der Waals surface area contributed by atoms with E-state index in [1.165, 1.54) is 173 Å². The summed E-state index contributed by atoms with van der Waals surface area (Å²) in [5.74, 6) is -0.916. The lowest BCUT2D eigenvalue weighted by atomic mass is 10.0. The van der Waals surface area contributed by atoms with Gasteiger partial charge >= 0.3 is 17.9 Å². The van der Waals surface area contributed by atoms with Gasteiger partial charge in [-0.05, 0) is 64.2 Å². The molecule has 0 aromatic carbocycles. The summed E-state index contributed by atoms with van der Waals surface area (Å²) in [6.07, 6.45) is 74.1. The lowest BCUT2D eigenvalue weighted by molar-refractivity contribution is -0.167. The highest BCUT2D eigenvalue weighted by Gasteiger charge is 2.19. The molecule has 0 heterocycles. The Labute approximate surface area is 434 Å². The van der Waals surface area contributed by atoms with E-state index in [4.69, 9.17) is 14.2 Å². The molecule has 6 heteroatoms. The third kappa shape index (κ3) is 56.0. The molecule has 0 aliphatic rings. The summed E-state index contributed by atoms with van der Waals surface area (Å²) in [7, 11) is 0. The molecule has 0 aliphatic carbocycles. The second kappa shape index (κ2) is 58.7. The highest BCUT2D eigenvalue weighted by Crippen LogP contribution is 2.17. The topological polar surface area (TPSA) is 78.9 Å². The Morgan fingerprint density at radius 3 is 0.871 bits per heavy atom. The largest absolute Gasteiger partial charge is 0.462 e. The molecular weight excluding hydrogens is 865 g/mol. The lowest BCUT2D eigenvalue weighted by Crippen LogP contribution is -2.30. The van der Waals surface area contributed by atoms with Crippen LogP contribution in [0.3, 0.4) is 0 Å². The second-order valence-corrected chi connectivity index (χ2v) is 20.2. The third-order valence-electron chi connectivity index (χ3n) is 13.3. The van der Waals surface area contributed by atoms with Gasteiger partial charge in [-0.15, -0.1) is 0 Å². The van der Waals surface area contributed by atoms with E-state index < -0.39 is 6.10 Å². The van der Waals surface area contributed by atoms with E-state index in [0.29, 0.717) is 19.3 Å². The van der Waals surface area contributed by atoms with Crippen molar-refractivity contribution in [3.63, 3.8) is 0 Å². The minimum Gasteiger partial charge on any atom is -0.462 e. The fourth-order valence-electron chi connectivity index (χ4n) is 8.77. The number of carbonyl (C=O) groups excluding carboxylic acids is 3. The molecule has 0 amide bonds. The lowest BCUT2D eigenvalue weighted by Gasteiger charge is -2.18. The van der Waals surface area contributed by atoms with Crippen molar-refractivity contribution >= 4 is 17.9 Å². The zero-order valence-corrected chi connectivity index (χ0v) is 46.5. The van der Waals surface area contributed by atoms with Crippen LogP contribution in [-0.2, 0) is 28.6 Å². The van der Waals surface area contributed by atoms with Gasteiger partial charge in [0.2, 0.25) is 0 Å². The SMILES string of the molecule is CC/C=C\C/C=C\C/C=C\C/C=C\C/C=C\CCCCCC(=O)OC(COC(=O)CCCCCCCC)COC(=O)CCCCCCCCCCCCCCCCCCCCCCCCCCCCC. The zero-order chi connectivity index (χ0) is 50.7. The Kier molecular flexibility index (Phi) is 56.3. The van der Waals surface area contributed by atoms with Crippen molar-refractivity contribution in [2.75, 3.05) is 13.2 Å². The molecule has 1 unspecified atom stereocenters. The predicted octanol–water partition coefficient (Wildman–Crippen LogP) is 20.4. The molecule has 0 bridgehead atoms. The Morgan fingerprint density at radius 2 is 0.557 bits per heavy atom. The van der Waals surface area contributed by atoms with Crippen LogP contribution in [0.4, 0.5) is 0 Å². The van der Waals surface area contributed by atoms with Crippen LogP contribution >= 0.6 is 0 Å². The number of unbranched alkanes of at least 4 members (excludes halogenated alkanes) is 34. The zero-order valence-electron chi connectivity index (χ0n) is 46.5. The normalized spacial score (nSPS) is 12.4. The van der Waals surface area contributed by atoms with Crippen LogP contribution < -0.4 is 0 Å². The monoisotopic (exact) mass is 979 g/mol. The maximum Gasteiger partial charge on any atom is 0.306 e. The molecule has 0 aliphatic heterocycles. The maximum absolute atomic E-state index is 12.8. The summed E-state index contributed by atoms with van der Waals surface area (Å²) < 4.78 is 16.7. The van der Waals surface area contributed by atoms with Crippen molar-refractivity contribution in [2.24, 2.45) is 0 Å². The molecule has 0 aromatic heterocycles. The van der Waals surface area contributed by atoms with Gasteiger partial charge < -0.3 is 14.2 Å². The van der Waals surface area contributed by atoms with Gasteiger partial charge in [-0.25, -0.2) is 0 Å². The van der Waals surface area contributed by atoms with Gasteiger partial charge in [0.05, 0.1) is 0 Å². The fraction of sp³-hybridized carbons (Fsp3) is 0.797. The number of hydrogen-bond donors (Lipinski definition) is 0. The van der Waals surface area contributed by atoms with Crippen molar-refractivity contribution in [1.29, 1.82) is 0 Å². The van der Waals surface area contributed by atoms with Crippen LogP contribution in [0.5, 0.6) is 0 Å². The first-order valence-electron chi connectivity index (χ1n) is 30.3. The van der Waals surface area contributed by atoms with Crippen LogP contribution in [0.25, 0.3) is 0 Å². The second-order valence-electron chi connectivity index (χ2n) is 20.2. The molecule has 0 spiro atoms.